The highest BCUT2D eigenvalue weighted by atomic mass is 16.4. The van der Waals surface area contributed by atoms with Crippen LogP contribution in [0.1, 0.15) is 52.1 Å². The number of nitrogens with zero attached hydrogens (tertiary/aromatic N) is 3. The molecule has 5 rings (SSSR count). The fraction of sp³-hybridized carbons (Fsp3) is 0.304. The van der Waals surface area contributed by atoms with Gasteiger partial charge in [-0.3, -0.25) is 4.98 Å². The molecule has 0 unspecified atom stereocenters. The third-order valence-corrected chi connectivity index (χ3v) is 6.35. The molecule has 0 spiro atoms. The Labute approximate surface area is 173 Å². The second-order valence-corrected chi connectivity index (χ2v) is 8.30. The summed E-state index contributed by atoms with van der Waals surface area (Å²) >= 11 is 0. The number of carbonyl (C=O) groups is 1. The first-order valence-electron chi connectivity index (χ1n) is 10.1. The molecule has 2 aliphatic rings. The summed E-state index contributed by atoms with van der Waals surface area (Å²) < 4.78 is 0. The SMILES string of the molecule is N#Cc1ccc(-c2cc3c(cn2)CCc2c-3[nH]c(CC3(N)CCC3)c2C(=O)O)cn1. The Hall–Kier alpha value is -3.50. The highest BCUT2D eigenvalue weighted by Crippen LogP contribution is 2.40. The molecule has 0 radical (unpaired) electrons. The van der Waals surface area contributed by atoms with Gasteiger partial charge in [0, 0.05) is 41.2 Å². The van der Waals surface area contributed by atoms with Gasteiger partial charge in [0.15, 0.2) is 0 Å². The van der Waals surface area contributed by atoms with Crippen molar-refractivity contribution in [2.45, 2.75) is 44.1 Å². The number of rotatable bonds is 4. The maximum absolute atomic E-state index is 12.1. The fourth-order valence-electron chi connectivity index (χ4n) is 4.57. The maximum atomic E-state index is 12.1. The molecule has 0 saturated heterocycles. The quantitative estimate of drug-likeness (QED) is 0.618. The van der Waals surface area contributed by atoms with Gasteiger partial charge in [0.2, 0.25) is 0 Å². The van der Waals surface area contributed by atoms with E-state index < -0.39 is 5.97 Å². The number of nitrogens with one attached hydrogen (secondary N) is 1. The monoisotopic (exact) mass is 399 g/mol. The van der Waals surface area contributed by atoms with E-state index in [1.54, 1.807) is 12.3 Å². The van der Waals surface area contributed by atoms with Gasteiger partial charge in [-0.25, -0.2) is 9.78 Å². The van der Waals surface area contributed by atoms with E-state index in [0.717, 1.165) is 65.0 Å². The normalized spacial score (nSPS) is 16.1. The van der Waals surface area contributed by atoms with E-state index in [1.165, 1.54) is 0 Å². The number of aromatic nitrogens is 3. The van der Waals surface area contributed by atoms with Crippen molar-refractivity contribution in [3.05, 3.63) is 58.7 Å². The van der Waals surface area contributed by atoms with E-state index in [9.17, 15) is 9.90 Å². The van der Waals surface area contributed by atoms with E-state index in [1.807, 2.05) is 24.4 Å². The number of aromatic carboxylic acids is 1. The van der Waals surface area contributed by atoms with Crippen LogP contribution in [0.5, 0.6) is 0 Å². The van der Waals surface area contributed by atoms with Gasteiger partial charge < -0.3 is 15.8 Å². The van der Waals surface area contributed by atoms with Crippen LogP contribution in [-0.4, -0.2) is 31.6 Å². The Morgan fingerprint density at radius 1 is 1.27 bits per heavy atom. The van der Waals surface area contributed by atoms with Crippen molar-refractivity contribution in [2.75, 3.05) is 0 Å². The van der Waals surface area contributed by atoms with Crippen LogP contribution in [0.15, 0.2) is 30.6 Å². The fourth-order valence-corrected chi connectivity index (χ4v) is 4.57. The molecule has 1 fully saturated rings. The zero-order valence-electron chi connectivity index (χ0n) is 16.4. The van der Waals surface area contributed by atoms with Gasteiger partial charge in [-0.1, -0.05) is 0 Å². The first kappa shape index (κ1) is 18.5. The first-order chi connectivity index (χ1) is 14.5. The Balaban J connectivity index is 1.60. The lowest BCUT2D eigenvalue weighted by Gasteiger charge is -2.38. The number of aromatic amines is 1. The van der Waals surface area contributed by atoms with Crippen molar-refractivity contribution >= 4 is 5.97 Å². The lowest BCUT2D eigenvalue weighted by atomic mass is 9.74. The molecule has 3 aromatic heterocycles. The van der Waals surface area contributed by atoms with Gasteiger partial charge in [0.25, 0.3) is 0 Å². The number of hydrogen-bond acceptors (Lipinski definition) is 5. The van der Waals surface area contributed by atoms with Crippen molar-refractivity contribution in [3.63, 3.8) is 0 Å². The molecule has 7 nitrogen and oxygen atoms in total. The van der Waals surface area contributed by atoms with Crippen molar-refractivity contribution in [1.82, 2.24) is 15.0 Å². The molecule has 3 heterocycles. The molecule has 0 aromatic carbocycles. The van der Waals surface area contributed by atoms with E-state index in [2.05, 4.69) is 15.0 Å². The van der Waals surface area contributed by atoms with Gasteiger partial charge in [-0.2, -0.15) is 5.26 Å². The number of hydrogen-bond donors (Lipinski definition) is 3. The van der Waals surface area contributed by atoms with E-state index in [0.29, 0.717) is 24.1 Å². The minimum Gasteiger partial charge on any atom is -0.478 e. The van der Waals surface area contributed by atoms with Crippen LogP contribution in [0, 0.1) is 11.3 Å². The number of aryl methyl sites for hydroxylation is 1. The third-order valence-electron chi connectivity index (χ3n) is 6.35. The zero-order valence-corrected chi connectivity index (χ0v) is 16.4. The molecule has 0 amide bonds. The lowest BCUT2D eigenvalue weighted by Crippen LogP contribution is -2.48. The van der Waals surface area contributed by atoms with E-state index >= 15 is 0 Å². The summed E-state index contributed by atoms with van der Waals surface area (Å²) in [7, 11) is 0. The topological polar surface area (TPSA) is 129 Å². The summed E-state index contributed by atoms with van der Waals surface area (Å²) in [5.74, 6) is -0.903. The second kappa shape index (κ2) is 6.78. The van der Waals surface area contributed by atoms with Crippen LogP contribution < -0.4 is 5.73 Å². The van der Waals surface area contributed by atoms with E-state index in [4.69, 9.17) is 11.0 Å². The van der Waals surface area contributed by atoms with Crippen molar-refractivity contribution in [3.8, 4) is 28.6 Å². The van der Waals surface area contributed by atoms with Crippen LogP contribution >= 0.6 is 0 Å². The van der Waals surface area contributed by atoms with Crippen LogP contribution in [0.3, 0.4) is 0 Å². The molecule has 4 N–H and O–H groups in total. The van der Waals surface area contributed by atoms with Crippen LogP contribution in [0.2, 0.25) is 0 Å². The number of nitriles is 1. The van der Waals surface area contributed by atoms with Gasteiger partial charge in [0.1, 0.15) is 11.8 Å². The molecular formula is C23H21N5O2. The molecule has 0 bridgehead atoms. The maximum Gasteiger partial charge on any atom is 0.337 e. The number of carboxylic acid groups (broad SMARTS) is 1. The van der Waals surface area contributed by atoms with Crippen molar-refractivity contribution in [1.29, 1.82) is 5.26 Å². The van der Waals surface area contributed by atoms with Crippen molar-refractivity contribution < 1.29 is 9.90 Å². The molecule has 3 aromatic rings. The second-order valence-electron chi connectivity index (χ2n) is 8.30. The van der Waals surface area contributed by atoms with Gasteiger partial charge in [-0.05, 0) is 61.4 Å². The average molecular weight is 399 g/mol. The minimum atomic E-state index is -0.903. The third kappa shape index (κ3) is 2.97. The van der Waals surface area contributed by atoms with Gasteiger partial charge in [-0.15, -0.1) is 0 Å². The Bertz CT molecular complexity index is 1200. The highest BCUT2D eigenvalue weighted by Gasteiger charge is 2.36. The molecule has 1 saturated carbocycles. The summed E-state index contributed by atoms with van der Waals surface area (Å²) in [5.41, 5.74) is 12.9. The molecule has 30 heavy (non-hydrogen) atoms. The largest absolute Gasteiger partial charge is 0.478 e. The predicted octanol–water partition coefficient (Wildman–Crippen LogP) is 3.23. The van der Waals surface area contributed by atoms with Crippen LogP contribution in [0.25, 0.3) is 22.5 Å². The number of fused-ring (bicyclic) bond motifs is 3. The first-order valence-corrected chi connectivity index (χ1v) is 10.1. The lowest BCUT2D eigenvalue weighted by molar-refractivity contribution is 0.0694. The van der Waals surface area contributed by atoms with Crippen molar-refractivity contribution in [2.24, 2.45) is 5.73 Å². The zero-order chi connectivity index (χ0) is 20.9. The highest BCUT2D eigenvalue weighted by molar-refractivity contribution is 5.94. The Morgan fingerprint density at radius 2 is 2.10 bits per heavy atom. The molecule has 0 atom stereocenters. The summed E-state index contributed by atoms with van der Waals surface area (Å²) in [4.78, 5) is 24.2. The number of H-pyrrole nitrogens is 1. The summed E-state index contributed by atoms with van der Waals surface area (Å²) in [6, 6.07) is 7.47. The Morgan fingerprint density at radius 3 is 2.73 bits per heavy atom. The standard InChI is InChI=1S/C23H21N5O2/c24-10-15-4-2-14(12-26-15)18-8-17-13(11-27-18)3-5-16-20(22(29)30)19(28-21(16)17)9-23(25)6-1-7-23/h2,4,8,11-12,28H,1,3,5-7,9,25H2,(H,29,30). The molecule has 0 aliphatic heterocycles. The van der Waals surface area contributed by atoms with E-state index in [-0.39, 0.29) is 5.54 Å². The number of nitrogens with two attached hydrogens (primary N) is 1. The van der Waals surface area contributed by atoms with Gasteiger partial charge in [0.05, 0.1) is 17.0 Å². The summed E-state index contributed by atoms with van der Waals surface area (Å²) in [5, 5.41) is 18.9. The molecule has 7 heteroatoms. The van der Waals surface area contributed by atoms with Gasteiger partial charge >= 0.3 is 5.97 Å². The minimum absolute atomic E-state index is 0.308. The average Bonchev–Trinajstić information content (AvgIpc) is 3.10. The molecular weight excluding hydrogens is 378 g/mol. The Kier molecular flexibility index (Phi) is 4.19. The number of carboxylic acids is 1. The van der Waals surface area contributed by atoms with Crippen LogP contribution in [0.4, 0.5) is 0 Å². The smallest absolute Gasteiger partial charge is 0.337 e. The van der Waals surface area contributed by atoms with Crippen LogP contribution in [-0.2, 0) is 19.3 Å². The summed E-state index contributed by atoms with van der Waals surface area (Å²) in [6.45, 7) is 0. The summed E-state index contributed by atoms with van der Waals surface area (Å²) in [6.07, 6.45) is 8.38. The predicted molar refractivity (Wildman–Crippen MR) is 111 cm³/mol. The molecule has 2 aliphatic carbocycles. The number of pyridine rings is 2. The molecule has 150 valence electrons.